The van der Waals surface area contributed by atoms with Crippen LogP contribution in [0.2, 0.25) is 5.02 Å². The highest BCUT2D eigenvalue weighted by Crippen LogP contribution is 2.48. The maximum Gasteiger partial charge on any atom is 0.261 e. The third kappa shape index (κ3) is 3.66. The van der Waals surface area contributed by atoms with Gasteiger partial charge in [0, 0.05) is 17.1 Å². The van der Waals surface area contributed by atoms with E-state index in [9.17, 15) is 14.7 Å². The molecular formula is C25H21ClN2O4. The molecule has 3 aromatic carbocycles. The summed E-state index contributed by atoms with van der Waals surface area (Å²) in [7, 11) is 0. The van der Waals surface area contributed by atoms with Gasteiger partial charge in [-0.25, -0.2) is 0 Å². The number of benzene rings is 3. The first-order chi connectivity index (χ1) is 15.5. The van der Waals surface area contributed by atoms with Crippen molar-refractivity contribution in [2.75, 3.05) is 0 Å². The van der Waals surface area contributed by atoms with Crippen LogP contribution in [-0.2, 0) is 27.5 Å². The molecular weight excluding hydrogens is 428 g/mol. The van der Waals surface area contributed by atoms with Gasteiger partial charge in [0.25, 0.3) is 5.91 Å². The number of carbonyl (C=O) groups excluding carboxylic acids is 2. The van der Waals surface area contributed by atoms with Crippen LogP contribution >= 0.6 is 11.6 Å². The Bertz CT molecular complexity index is 1160. The zero-order valence-corrected chi connectivity index (χ0v) is 17.9. The van der Waals surface area contributed by atoms with Crippen LogP contribution in [0.5, 0.6) is 5.75 Å². The fraction of sp³-hybridized carbons (Fsp3) is 0.200. The van der Waals surface area contributed by atoms with Crippen molar-refractivity contribution in [3.8, 4) is 5.75 Å². The summed E-state index contributed by atoms with van der Waals surface area (Å²) in [5.41, 5.74) is 2.28. The van der Waals surface area contributed by atoms with Gasteiger partial charge in [-0.05, 0) is 29.3 Å². The molecule has 2 heterocycles. The smallest absolute Gasteiger partial charge is 0.261 e. The van der Waals surface area contributed by atoms with Crippen LogP contribution in [-0.4, -0.2) is 33.0 Å². The summed E-state index contributed by atoms with van der Waals surface area (Å²) in [6.07, 6.45) is -0.946. The van der Waals surface area contributed by atoms with Crippen molar-refractivity contribution >= 4 is 23.4 Å². The molecule has 0 radical (unpaired) electrons. The van der Waals surface area contributed by atoms with E-state index in [1.807, 2.05) is 60.7 Å². The molecule has 2 amide bonds. The fourth-order valence-electron chi connectivity index (χ4n) is 4.46. The Hall–Kier alpha value is -3.19. The summed E-state index contributed by atoms with van der Waals surface area (Å²) in [6, 6.07) is 23.0. The number of amides is 2. The van der Waals surface area contributed by atoms with Crippen molar-refractivity contribution in [3.05, 3.63) is 101 Å². The Labute approximate surface area is 190 Å². The van der Waals surface area contributed by atoms with E-state index in [0.29, 0.717) is 17.1 Å². The maximum absolute atomic E-state index is 13.5. The van der Waals surface area contributed by atoms with Crippen LogP contribution in [0, 0.1) is 5.92 Å². The van der Waals surface area contributed by atoms with Gasteiger partial charge >= 0.3 is 0 Å². The highest BCUT2D eigenvalue weighted by atomic mass is 35.5. The van der Waals surface area contributed by atoms with Gasteiger partial charge in [-0.3, -0.25) is 19.3 Å². The van der Waals surface area contributed by atoms with Gasteiger partial charge in [-0.1, -0.05) is 72.3 Å². The van der Waals surface area contributed by atoms with Gasteiger partial charge in [0.05, 0.1) is 18.5 Å². The summed E-state index contributed by atoms with van der Waals surface area (Å²) in [4.78, 5) is 34.0. The molecule has 2 aliphatic heterocycles. The minimum Gasteiger partial charge on any atom is -0.508 e. The number of aromatic hydroxyl groups is 1. The van der Waals surface area contributed by atoms with E-state index < -0.39 is 18.1 Å². The molecule has 3 aromatic rings. The van der Waals surface area contributed by atoms with Crippen molar-refractivity contribution in [1.29, 1.82) is 0 Å². The summed E-state index contributed by atoms with van der Waals surface area (Å²) >= 11 is 6.21. The van der Waals surface area contributed by atoms with Crippen molar-refractivity contribution in [2.45, 2.75) is 25.2 Å². The highest BCUT2D eigenvalue weighted by Gasteiger charge is 2.59. The van der Waals surface area contributed by atoms with Crippen molar-refractivity contribution in [1.82, 2.24) is 9.96 Å². The first-order valence-corrected chi connectivity index (χ1v) is 10.8. The summed E-state index contributed by atoms with van der Waals surface area (Å²) < 4.78 is 0. The molecule has 162 valence electrons. The van der Waals surface area contributed by atoms with Crippen molar-refractivity contribution in [3.63, 3.8) is 0 Å². The average Bonchev–Trinajstić information content (AvgIpc) is 3.27. The third-order valence-electron chi connectivity index (χ3n) is 5.96. The Morgan fingerprint density at radius 2 is 1.47 bits per heavy atom. The number of nitrogens with zero attached hydrogens (tertiary/aromatic N) is 2. The second kappa shape index (κ2) is 8.39. The molecule has 0 aromatic heterocycles. The summed E-state index contributed by atoms with van der Waals surface area (Å²) in [5, 5.41) is 12.6. The number of hydrogen-bond acceptors (Lipinski definition) is 5. The molecule has 5 rings (SSSR count). The molecule has 0 saturated carbocycles. The molecule has 6 nitrogen and oxygen atoms in total. The SMILES string of the molecule is O=C1C2ON(Cc3ccccc3)C(c3cc(Cl)ccc3O)C2C(=O)N1Cc1ccccc1. The fourth-order valence-corrected chi connectivity index (χ4v) is 4.64. The van der Waals surface area contributed by atoms with E-state index >= 15 is 0 Å². The molecule has 0 aliphatic carbocycles. The lowest BCUT2D eigenvalue weighted by Gasteiger charge is -2.27. The predicted octanol–water partition coefficient (Wildman–Crippen LogP) is 4.09. The second-order valence-corrected chi connectivity index (χ2v) is 8.45. The van der Waals surface area contributed by atoms with E-state index in [-0.39, 0.29) is 24.1 Å². The number of rotatable bonds is 5. The number of phenols is 1. The van der Waals surface area contributed by atoms with Crippen molar-refractivity contribution < 1.29 is 19.5 Å². The van der Waals surface area contributed by atoms with Crippen LogP contribution in [0.25, 0.3) is 0 Å². The minimum absolute atomic E-state index is 0.00321. The zero-order valence-electron chi connectivity index (χ0n) is 17.1. The Morgan fingerprint density at radius 1 is 0.844 bits per heavy atom. The molecule has 1 N–H and O–H groups in total. The number of hydroxylamine groups is 2. The number of phenolic OH excluding ortho intramolecular Hbond substituents is 1. The van der Waals surface area contributed by atoms with E-state index in [1.54, 1.807) is 17.2 Å². The first-order valence-electron chi connectivity index (χ1n) is 10.4. The van der Waals surface area contributed by atoms with Gasteiger partial charge in [-0.15, -0.1) is 0 Å². The normalized spacial score (nSPS) is 23.0. The highest BCUT2D eigenvalue weighted by molar-refractivity contribution is 6.30. The maximum atomic E-state index is 13.5. The van der Waals surface area contributed by atoms with E-state index in [2.05, 4.69) is 0 Å². The van der Waals surface area contributed by atoms with Crippen LogP contribution in [0.3, 0.4) is 0 Å². The number of imide groups is 1. The lowest BCUT2D eigenvalue weighted by atomic mass is 9.90. The van der Waals surface area contributed by atoms with E-state index in [1.165, 1.54) is 11.0 Å². The molecule has 3 atom stereocenters. The first kappa shape index (κ1) is 20.7. The van der Waals surface area contributed by atoms with E-state index in [4.69, 9.17) is 16.4 Å². The Morgan fingerprint density at radius 3 is 2.12 bits per heavy atom. The van der Waals surface area contributed by atoms with Gasteiger partial charge in [0.2, 0.25) is 5.91 Å². The standard InChI is InChI=1S/C25H21ClN2O4/c26-18-11-12-20(29)19(13-18)22-21-23(32-28(22)15-17-9-5-2-6-10-17)25(31)27(24(21)30)14-16-7-3-1-4-8-16/h1-13,21-23,29H,14-15H2. The van der Waals surface area contributed by atoms with Gasteiger partial charge < -0.3 is 5.11 Å². The number of likely N-dealkylation sites (tertiary alicyclic amines) is 1. The topological polar surface area (TPSA) is 70.1 Å². The van der Waals surface area contributed by atoms with Crippen LogP contribution in [0.4, 0.5) is 0 Å². The number of halogens is 1. The zero-order chi connectivity index (χ0) is 22.2. The van der Waals surface area contributed by atoms with Crippen molar-refractivity contribution in [2.24, 2.45) is 5.92 Å². The van der Waals surface area contributed by atoms with Crippen LogP contribution in [0.1, 0.15) is 22.7 Å². The van der Waals surface area contributed by atoms with Gasteiger partial charge in [0.1, 0.15) is 5.75 Å². The molecule has 2 saturated heterocycles. The number of fused-ring (bicyclic) bond motifs is 1. The van der Waals surface area contributed by atoms with Crippen LogP contribution < -0.4 is 0 Å². The lowest BCUT2D eigenvalue weighted by Crippen LogP contribution is -2.36. The van der Waals surface area contributed by atoms with Gasteiger partial charge in [-0.2, -0.15) is 5.06 Å². The largest absolute Gasteiger partial charge is 0.508 e. The summed E-state index contributed by atoms with van der Waals surface area (Å²) in [5.74, 6) is -1.46. The minimum atomic E-state index is -0.946. The lowest BCUT2D eigenvalue weighted by molar-refractivity contribution is -0.184. The second-order valence-electron chi connectivity index (χ2n) is 8.01. The predicted molar refractivity (Wildman–Crippen MR) is 118 cm³/mol. The van der Waals surface area contributed by atoms with Gasteiger partial charge in [0.15, 0.2) is 6.10 Å². The quantitative estimate of drug-likeness (QED) is 0.595. The molecule has 32 heavy (non-hydrogen) atoms. The molecule has 2 fully saturated rings. The Balaban J connectivity index is 1.51. The third-order valence-corrected chi connectivity index (χ3v) is 6.19. The monoisotopic (exact) mass is 448 g/mol. The molecule has 7 heteroatoms. The Kier molecular flexibility index (Phi) is 5.43. The van der Waals surface area contributed by atoms with Crippen LogP contribution in [0.15, 0.2) is 78.9 Å². The number of hydrogen-bond donors (Lipinski definition) is 1. The molecule has 2 aliphatic rings. The molecule has 3 unspecified atom stereocenters. The number of carbonyl (C=O) groups is 2. The van der Waals surface area contributed by atoms with E-state index in [0.717, 1.165) is 11.1 Å². The summed E-state index contributed by atoms with van der Waals surface area (Å²) in [6.45, 7) is 0.533. The molecule has 0 bridgehead atoms. The average molecular weight is 449 g/mol. The molecule has 0 spiro atoms.